The molecule has 2 aromatic carbocycles. The molecule has 2 heterocycles. The standard InChI is InChI=1S/C18H13N5/c1-20-17-18-22-15(13-6-4-5-12(9-13)10-19)11-23(18)16-8-3-2-7-14(16)21-17/h2-9,11H,1H3,(H,20,21). The van der Waals surface area contributed by atoms with E-state index in [1.807, 2.05) is 60.1 Å². The average Bonchev–Trinajstić information content (AvgIpc) is 3.06. The number of nitrogens with one attached hydrogen (secondary N) is 1. The van der Waals surface area contributed by atoms with Crippen LogP contribution in [0.15, 0.2) is 54.7 Å². The molecule has 0 amide bonds. The third kappa shape index (κ3) is 2.09. The fourth-order valence-electron chi connectivity index (χ4n) is 2.72. The van der Waals surface area contributed by atoms with E-state index in [-0.39, 0.29) is 0 Å². The molecule has 110 valence electrons. The molecule has 0 radical (unpaired) electrons. The normalized spacial score (nSPS) is 10.8. The van der Waals surface area contributed by atoms with Gasteiger partial charge in [-0.25, -0.2) is 9.97 Å². The first-order valence-corrected chi connectivity index (χ1v) is 7.26. The van der Waals surface area contributed by atoms with Gasteiger partial charge in [-0.05, 0) is 24.3 Å². The molecule has 4 rings (SSSR count). The molecule has 0 aliphatic rings. The molecule has 5 nitrogen and oxygen atoms in total. The summed E-state index contributed by atoms with van der Waals surface area (Å²) in [6, 6.07) is 17.6. The van der Waals surface area contributed by atoms with Crippen molar-refractivity contribution in [3.8, 4) is 17.3 Å². The summed E-state index contributed by atoms with van der Waals surface area (Å²) in [6.45, 7) is 0. The van der Waals surface area contributed by atoms with Crippen molar-refractivity contribution < 1.29 is 0 Å². The Labute approximate surface area is 132 Å². The number of anilines is 1. The zero-order valence-corrected chi connectivity index (χ0v) is 12.5. The Morgan fingerprint density at radius 1 is 1.09 bits per heavy atom. The van der Waals surface area contributed by atoms with Gasteiger partial charge >= 0.3 is 0 Å². The van der Waals surface area contributed by atoms with Gasteiger partial charge in [0.1, 0.15) is 0 Å². The lowest BCUT2D eigenvalue weighted by Crippen LogP contribution is -1.98. The number of para-hydroxylation sites is 2. The molecule has 0 unspecified atom stereocenters. The highest BCUT2D eigenvalue weighted by molar-refractivity contribution is 5.84. The smallest absolute Gasteiger partial charge is 0.181 e. The van der Waals surface area contributed by atoms with Crippen LogP contribution in [0.25, 0.3) is 27.9 Å². The third-order valence-corrected chi connectivity index (χ3v) is 3.82. The van der Waals surface area contributed by atoms with Crippen LogP contribution in [0.5, 0.6) is 0 Å². The SMILES string of the molecule is CNc1nc2ccccc2n2cc(-c3cccc(C#N)c3)nc12. The van der Waals surface area contributed by atoms with Gasteiger partial charge in [-0.1, -0.05) is 24.3 Å². The van der Waals surface area contributed by atoms with Crippen molar-refractivity contribution in [2.24, 2.45) is 0 Å². The lowest BCUT2D eigenvalue weighted by atomic mass is 10.1. The largest absolute Gasteiger partial charge is 0.370 e. The molecular weight excluding hydrogens is 286 g/mol. The molecule has 0 fully saturated rings. The van der Waals surface area contributed by atoms with Crippen LogP contribution in [0.1, 0.15) is 5.56 Å². The predicted molar refractivity (Wildman–Crippen MR) is 90.2 cm³/mol. The van der Waals surface area contributed by atoms with Crippen molar-refractivity contribution in [2.75, 3.05) is 12.4 Å². The topological polar surface area (TPSA) is 66.0 Å². The van der Waals surface area contributed by atoms with E-state index in [4.69, 9.17) is 10.2 Å². The van der Waals surface area contributed by atoms with Gasteiger partial charge in [-0.15, -0.1) is 0 Å². The zero-order valence-electron chi connectivity index (χ0n) is 12.5. The van der Waals surface area contributed by atoms with Gasteiger partial charge in [-0.3, -0.25) is 4.40 Å². The molecule has 0 aliphatic carbocycles. The molecule has 0 atom stereocenters. The number of hydrogen-bond acceptors (Lipinski definition) is 4. The molecule has 0 saturated heterocycles. The minimum Gasteiger partial charge on any atom is -0.370 e. The summed E-state index contributed by atoms with van der Waals surface area (Å²) in [6.07, 6.45) is 1.98. The number of hydrogen-bond donors (Lipinski definition) is 1. The summed E-state index contributed by atoms with van der Waals surface area (Å²) in [5.74, 6) is 0.728. The number of imidazole rings is 1. The Hall–Kier alpha value is -3.39. The Kier molecular flexibility index (Phi) is 2.95. The van der Waals surface area contributed by atoms with Crippen molar-refractivity contribution in [1.82, 2.24) is 14.4 Å². The number of nitriles is 1. The second kappa shape index (κ2) is 5.11. The fraction of sp³-hybridized carbons (Fsp3) is 0.0556. The van der Waals surface area contributed by atoms with Gasteiger partial charge in [0, 0.05) is 18.8 Å². The van der Waals surface area contributed by atoms with Crippen LogP contribution in [0.3, 0.4) is 0 Å². The molecule has 1 N–H and O–H groups in total. The molecular formula is C18H13N5. The van der Waals surface area contributed by atoms with E-state index in [2.05, 4.69) is 16.4 Å². The Balaban J connectivity index is 2.03. The minimum absolute atomic E-state index is 0.622. The molecule has 5 heteroatoms. The van der Waals surface area contributed by atoms with E-state index in [1.165, 1.54) is 0 Å². The first-order valence-electron chi connectivity index (χ1n) is 7.26. The lowest BCUT2D eigenvalue weighted by molar-refractivity contribution is 1.20. The van der Waals surface area contributed by atoms with Crippen molar-refractivity contribution in [3.63, 3.8) is 0 Å². The van der Waals surface area contributed by atoms with Crippen LogP contribution in [-0.4, -0.2) is 21.4 Å². The Morgan fingerprint density at radius 2 is 1.96 bits per heavy atom. The fourth-order valence-corrected chi connectivity index (χ4v) is 2.72. The number of benzene rings is 2. The van der Waals surface area contributed by atoms with Crippen LogP contribution < -0.4 is 5.32 Å². The summed E-state index contributed by atoms with van der Waals surface area (Å²) in [4.78, 5) is 9.32. The van der Waals surface area contributed by atoms with Gasteiger partial charge in [0.2, 0.25) is 0 Å². The zero-order chi connectivity index (χ0) is 15.8. The van der Waals surface area contributed by atoms with Crippen LogP contribution in [0.4, 0.5) is 5.82 Å². The van der Waals surface area contributed by atoms with Crippen molar-refractivity contribution in [2.45, 2.75) is 0 Å². The monoisotopic (exact) mass is 299 g/mol. The van der Waals surface area contributed by atoms with E-state index in [9.17, 15) is 0 Å². The first kappa shape index (κ1) is 13.3. The van der Waals surface area contributed by atoms with Gasteiger partial charge in [0.25, 0.3) is 0 Å². The van der Waals surface area contributed by atoms with Crippen LogP contribution in [0, 0.1) is 11.3 Å². The highest BCUT2D eigenvalue weighted by Gasteiger charge is 2.12. The highest BCUT2D eigenvalue weighted by Crippen LogP contribution is 2.26. The number of nitrogens with zero attached hydrogens (tertiary/aromatic N) is 4. The maximum Gasteiger partial charge on any atom is 0.181 e. The van der Waals surface area contributed by atoms with Crippen LogP contribution in [-0.2, 0) is 0 Å². The molecule has 4 aromatic rings. The van der Waals surface area contributed by atoms with E-state index < -0.39 is 0 Å². The molecule has 0 saturated carbocycles. The molecule has 0 aliphatic heterocycles. The number of fused-ring (bicyclic) bond motifs is 3. The second-order valence-corrected chi connectivity index (χ2v) is 5.21. The average molecular weight is 299 g/mol. The van der Waals surface area contributed by atoms with Gasteiger partial charge < -0.3 is 5.32 Å². The second-order valence-electron chi connectivity index (χ2n) is 5.21. The minimum atomic E-state index is 0.622. The van der Waals surface area contributed by atoms with Crippen molar-refractivity contribution >= 4 is 22.5 Å². The van der Waals surface area contributed by atoms with Crippen molar-refractivity contribution in [3.05, 3.63) is 60.3 Å². The van der Waals surface area contributed by atoms with E-state index in [0.29, 0.717) is 5.56 Å². The quantitative estimate of drug-likeness (QED) is 0.615. The summed E-state index contributed by atoms with van der Waals surface area (Å²) in [5.41, 5.74) is 5.02. The van der Waals surface area contributed by atoms with E-state index in [0.717, 1.165) is 33.8 Å². The van der Waals surface area contributed by atoms with Crippen LogP contribution in [0.2, 0.25) is 0 Å². The summed E-state index contributed by atoms with van der Waals surface area (Å²) in [5, 5.41) is 12.2. The number of aromatic nitrogens is 3. The first-order chi connectivity index (χ1) is 11.3. The van der Waals surface area contributed by atoms with E-state index >= 15 is 0 Å². The lowest BCUT2D eigenvalue weighted by Gasteiger charge is -2.05. The third-order valence-electron chi connectivity index (χ3n) is 3.82. The maximum absolute atomic E-state index is 9.08. The highest BCUT2D eigenvalue weighted by atomic mass is 15.1. The van der Waals surface area contributed by atoms with E-state index in [1.54, 1.807) is 6.07 Å². The van der Waals surface area contributed by atoms with Crippen molar-refractivity contribution in [1.29, 1.82) is 5.26 Å². The predicted octanol–water partition coefficient (Wildman–Crippen LogP) is 3.46. The summed E-state index contributed by atoms with van der Waals surface area (Å²) < 4.78 is 2.03. The Morgan fingerprint density at radius 3 is 2.78 bits per heavy atom. The summed E-state index contributed by atoms with van der Waals surface area (Å²) in [7, 11) is 1.84. The molecule has 0 bridgehead atoms. The Bertz CT molecular complexity index is 1070. The maximum atomic E-state index is 9.08. The van der Waals surface area contributed by atoms with Gasteiger partial charge in [0.05, 0.1) is 28.4 Å². The molecule has 23 heavy (non-hydrogen) atoms. The molecule has 2 aromatic heterocycles. The molecule has 0 spiro atoms. The van der Waals surface area contributed by atoms with Gasteiger partial charge in [-0.2, -0.15) is 5.26 Å². The summed E-state index contributed by atoms with van der Waals surface area (Å²) >= 11 is 0. The van der Waals surface area contributed by atoms with Crippen LogP contribution >= 0.6 is 0 Å². The number of rotatable bonds is 2. The van der Waals surface area contributed by atoms with Gasteiger partial charge in [0.15, 0.2) is 11.5 Å².